The monoisotopic (exact) mass is 178 g/mol. The highest BCUT2D eigenvalue weighted by Crippen LogP contribution is 2.50. The Morgan fingerprint density at radius 2 is 2.23 bits per heavy atom. The molecule has 4 atom stereocenters. The largest absolute Gasteiger partial charge is 0.431 e. The van der Waals surface area contributed by atoms with Crippen molar-refractivity contribution in [3.05, 3.63) is 24.0 Å². The SMILES string of the molecule is C=C1OC(=O)C2C3C=C(C)C(O3)C12. The van der Waals surface area contributed by atoms with Crippen molar-refractivity contribution in [2.45, 2.75) is 19.1 Å². The van der Waals surface area contributed by atoms with E-state index in [2.05, 4.69) is 6.58 Å². The molecular weight excluding hydrogens is 168 g/mol. The van der Waals surface area contributed by atoms with Gasteiger partial charge in [0.25, 0.3) is 0 Å². The third-order valence-electron chi connectivity index (χ3n) is 3.12. The van der Waals surface area contributed by atoms with Crippen molar-refractivity contribution in [3.63, 3.8) is 0 Å². The van der Waals surface area contributed by atoms with Gasteiger partial charge in [-0.15, -0.1) is 0 Å². The predicted octanol–water partition coefficient (Wildman–Crippen LogP) is 1.02. The summed E-state index contributed by atoms with van der Waals surface area (Å²) in [5.74, 6) is 0.352. The molecule has 0 saturated carbocycles. The molecule has 0 aromatic rings. The highest BCUT2D eigenvalue weighted by atomic mass is 16.6. The van der Waals surface area contributed by atoms with Crippen LogP contribution in [-0.4, -0.2) is 18.2 Å². The van der Waals surface area contributed by atoms with Gasteiger partial charge in [-0.1, -0.05) is 12.7 Å². The van der Waals surface area contributed by atoms with E-state index in [0.717, 1.165) is 0 Å². The highest BCUT2D eigenvalue weighted by Gasteiger charge is 2.58. The van der Waals surface area contributed by atoms with Gasteiger partial charge >= 0.3 is 5.97 Å². The van der Waals surface area contributed by atoms with Gasteiger partial charge in [-0.3, -0.25) is 4.79 Å². The van der Waals surface area contributed by atoms with Crippen LogP contribution in [0.2, 0.25) is 0 Å². The van der Waals surface area contributed by atoms with Crippen LogP contribution in [0.5, 0.6) is 0 Å². The van der Waals surface area contributed by atoms with Crippen LogP contribution in [0.25, 0.3) is 0 Å². The maximum Gasteiger partial charge on any atom is 0.317 e. The summed E-state index contributed by atoms with van der Waals surface area (Å²) in [7, 11) is 0. The minimum atomic E-state index is -0.175. The summed E-state index contributed by atoms with van der Waals surface area (Å²) in [4.78, 5) is 11.4. The van der Waals surface area contributed by atoms with Gasteiger partial charge in [-0.25, -0.2) is 0 Å². The third-order valence-corrected chi connectivity index (χ3v) is 3.12. The molecule has 13 heavy (non-hydrogen) atoms. The zero-order valence-corrected chi connectivity index (χ0v) is 7.32. The van der Waals surface area contributed by atoms with Gasteiger partial charge in [0, 0.05) is 0 Å². The van der Waals surface area contributed by atoms with Crippen LogP contribution in [0.1, 0.15) is 6.92 Å². The molecule has 2 bridgehead atoms. The second-order valence-corrected chi connectivity index (χ2v) is 3.87. The fourth-order valence-electron chi connectivity index (χ4n) is 2.53. The van der Waals surface area contributed by atoms with Gasteiger partial charge < -0.3 is 9.47 Å². The fraction of sp³-hybridized carbons (Fsp3) is 0.500. The number of cyclic esters (lactones) is 1. The lowest BCUT2D eigenvalue weighted by Crippen LogP contribution is -2.25. The van der Waals surface area contributed by atoms with E-state index in [1.54, 1.807) is 0 Å². The molecule has 0 amide bonds. The van der Waals surface area contributed by atoms with E-state index >= 15 is 0 Å². The molecule has 4 unspecified atom stereocenters. The molecule has 0 radical (unpaired) electrons. The second kappa shape index (κ2) is 2.04. The average Bonchev–Trinajstić information content (AvgIpc) is 2.64. The number of carbonyl (C=O) groups is 1. The molecule has 0 aromatic heterocycles. The Bertz CT molecular complexity index is 342. The van der Waals surface area contributed by atoms with Crippen molar-refractivity contribution in [2.24, 2.45) is 11.8 Å². The van der Waals surface area contributed by atoms with Gasteiger partial charge in [0.15, 0.2) is 0 Å². The van der Waals surface area contributed by atoms with Crippen LogP contribution in [0.4, 0.5) is 0 Å². The standard InChI is InChI=1S/C10H10O3/c1-4-3-6-8-7(9(4)13-6)5(2)12-10(8)11/h3,6-9H,2H2,1H3. The first-order chi connectivity index (χ1) is 6.18. The lowest BCUT2D eigenvalue weighted by molar-refractivity contribution is -0.140. The number of hydrogen-bond donors (Lipinski definition) is 0. The van der Waals surface area contributed by atoms with E-state index in [9.17, 15) is 4.79 Å². The number of rotatable bonds is 0. The van der Waals surface area contributed by atoms with E-state index < -0.39 is 0 Å². The maximum absolute atomic E-state index is 11.4. The van der Waals surface area contributed by atoms with Gasteiger partial charge in [0.05, 0.1) is 24.0 Å². The number of esters is 1. The summed E-state index contributed by atoms with van der Waals surface area (Å²) < 4.78 is 10.6. The van der Waals surface area contributed by atoms with E-state index in [1.807, 2.05) is 13.0 Å². The summed E-state index contributed by atoms with van der Waals surface area (Å²) in [6.07, 6.45) is 1.99. The molecule has 3 nitrogen and oxygen atoms in total. The Labute approximate surface area is 76.0 Å². The Hall–Kier alpha value is -1.09. The van der Waals surface area contributed by atoms with Crippen LogP contribution in [0, 0.1) is 11.8 Å². The van der Waals surface area contributed by atoms with Gasteiger partial charge in [0.2, 0.25) is 0 Å². The molecule has 2 fully saturated rings. The first kappa shape index (κ1) is 7.33. The summed E-state index contributed by atoms with van der Waals surface area (Å²) >= 11 is 0. The van der Waals surface area contributed by atoms with E-state index in [0.29, 0.717) is 5.76 Å². The van der Waals surface area contributed by atoms with Gasteiger partial charge in [0.1, 0.15) is 5.76 Å². The van der Waals surface area contributed by atoms with E-state index in [4.69, 9.17) is 9.47 Å². The first-order valence-corrected chi connectivity index (χ1v) is 4.43. The minimum Gasteiger partial charge on any atom is -0.431 e. The molecule has 3 heterocycles. The zero-order chi connectivity index (χ0) is 9.16. The van der Waals surface area contributed by atoms with Crippen molar-refractivity contribution in [2.75, 3.05) is 0 Å². The summed E-state index contributed by atoms with van der Waals surface area (Å²) in [5, 5.41) is 0. The lowest BCUT2D eigenvalue weighted by Gasteiger charge is -2.15. The molecule has 68 valence electrons. The number of carbonyl (C=O) groups excluding carboxylic acids is 1. The normalized spacial score (nSPS) is 46.4. The highest BCUT2D eigenvalue weighted by molar-refractivity contribution is 5.79. The molecule has 0 aromatic carbocycles. The van der Waals surface area contributed by atoms with Crippen molar-refractivity contribution >= 4 is 5.97 Å². The van der Waals surface area contributed by atoms with E-state index in [1.165, 1.54) is 5.57 Å². The number of ether oxygens (including phenoxy) is 2. The van der Waals surface area contributed by atoms with Crippen molar-refractivity contribution in [1.82, 2.24) is 0 Å². The summed E-state index contributed by atoms with van der Waals surface area (Å²) in [5.41, 5.74) is 1.20. The molecule has 3 heteroatoms. The number of fused-ring (bicyclic) bond motifs is 5. The fourth-order valence-corrected chi connectivity index (χ4v) is 2.53. The van der Waals surface area contributed by atoms with Crippen molar-refractivity contribution in [3.8, 4) is 0 Å². The van der Waals surface area contributed by atoms with Crippen LogP contribution in [0.15, 0.2) is 24.0 Å². The molecule has 3 aliphatic rings. The summed E-state index contributed by atoms with van der Waals surface area (Å²) in [6, 6.07) is 0. The van der Waals surface area contributed by atoms with Gasteiger partial charge in [-0.05, 0) is 12.5 Å². The second-order valence-electron chi connectivity index (χ2n) is 3.87. The molecule has 0 N–H and O–H groups in total. The molecule has 2 saturated heterocycles. The molecule has 3 aliphatic heterocycles. The number of hydrogen-bond acceptors (Lipinski definition) is 3. The molecule has 3 rings (SSSR count). The Morgan fingerprint density at radius 3 is 3.00 bits per heavy atom. The third kappa shape index (κ3) is 0.711. The quantitative estimate of drug-likeness (QED) is 0.410. The maximum atomic E-state index is 11.4. The average molecular weight is 178 g/mol. The van der Waals surface area contributed by atoms with Crippen molar-refractivity contribution < 1.29 is 14.3 Å². The smallest absolute Gasteiger partial charge is 0.317 e. The predicted molar refractivity (Wildman–Crippen MR) is 44.6 cm³/mol. The van der Waals surface area contributed by atoms with Gasteiger partial charge in [-0.2, -0.15) is 0 Å². The molecule has 0 aliphatic carbocycles. The Balaban J connectivity index is 2.08. The first-order valence-electron chi connectivity index (χ1n) is 4.43. The van der Waals surface area contributed by atoms with Crippen LogP contribution in [-0.2, 0) is 14.3 Å². The Kier molecular flexibility index (Phi) is 1.15. The van der Waals surface area contributed by atoms with Crippen molar-refractivity contribution in [1.29, 1.82) is 0 Å². The molecular formula is C10H10O3. The lowest BCUT2D eigenvalue weighted by atomic mass is 9.81. The summed E-state index contributed by atoms with van der Waals surface area (Å²) in [6.45, 7) is 5.77. The van der Waals surface area contributed by atoms with E-state index in [-0.39, 0.29) is 30.0 Å². The topological polar surface area (TPSA) is 35.5 Å². The Morgan fingerprint density at radius 1 is 1.46 bits per heavy atom. The minimum absolute atomic E-state index is 0.0361. The van der Waals surface area contributed by atoms with Crippen LogP contribution < -0.4 is 0 Å². The van der Waals surface area contributed by atoms with Crippen LogP contribution >= 0.6 is 0 Å². The molecule has 0 spiro atoms. The zero-order valence-electron chi connectivity index (χ0n) is 7.32. The van der Waals surface area contributed by atoms with Crippen LogP contribution in [0.3, 0.4) is 0 Å².